The van der Waals surface area contributed by atoms with Crippen LogP contribution in [-0.2, 0) is 71.5 Å². The molecule has 0 unspecified atom stereocenters. The molecule has 19 nitrogen and oxygen atoms in total. The summed E-state index contributed by atoms with van der Waals surface area (Å²) in [6.45, 7) is 21.7. The lowest BCUT2D eigenvalue weighted by molar-refractivity contribution is -0.195. The smallest absolute Gasteiger partial charge is 0.330 e. The Bertz CT molecular complexity index is 913. The van der Waals surface area contributed by atoms with Crippen LogP contribution in [0.25, 0.3) is 0 Å². The standard InChI is InChI=1S/C21H41NO11.C6H7NO4.C6H15N.C2H3ClO/c1-20(23)22-3-5-27-7-9-29-11-13-31-15-17-33-19-18-32-16-14-30-12-10-28-8-6-26-4-2-21(24)25;1-4(8)11-7-5(9)2-3-6(7)10;1-4-7(5-2)6-3;1-2(3)4/h2-19H2,1H3,(H,22,23)(H,24,25);2-3H2,1H3;4-6H2,1-3H3;1H3. The van der Waals surface area contributed by atoms with Gasteiger partial charge >= 0.3 is 11.9 Å². The second-order valence-corrected chi connectivity index (χ2v) is 11.3. The van der Waals surface area contributed by atoms with E-state index >= 15 is 0 Å². The van der Waals surface area contributed by atoms with Crippen molar-refractivity contribution in [3.8, 4) is 0 Å². The Kier molecular flexibility index (Phi) is 45.1. The van der Waals surface area contributed by atoms with Crippen molar-refractivity contribution in [2.75, 3.05) is 132 Å². The van der Waals surface area contributed by atoms with E-state index in [4.69, 9.17) is 43.0 Å². The number of carboxylic acid groups (broad SMARTS) is 1. The molecule has 0 aliphatic carbocycles. The van der Waals surface area contributed by atoms with Gasteiger partial charge in [0.2, 0.25) is 11.1 Å². The summed E-state index contributed by atoms with van der Waals surface area (Å²) in [6, 6.07) is 0. The molecule has 0 saturated carbocycles. The van der Waals surface area contributed by atoms with E-state index in [9.17, 15) is 28.8 Å². The first-order valence-electron chi connectivity index (χ1n) is 18.3. The number of ether oxygens (including phenoxy) is 8. The van der Waals surface area contributed by atoms with Gasteiger partial charge in [0, 0.05) is 40.2 Å². The lowest BCUT2D eigenvalue weighted by Crippen LogP contribution is -2.30. The minimum atomic E-state index is -0.874. The number of aliphatic carboxylic acids is 1. The first-order valence-corrected chi connectivity index (χ1v) is 18.7. The monoisotopic (exact) mass is 819 g/mol. The second kappa shape index (κ2) is 43.9. The van der Waals surface area contributed by atoms with Gasteiger partial charge in [-0.25, -0.2) is 4.79 Å². The lowest BCUT2D eigenvalue weighted by atomic mass is 10.4. The quantitative estimate of drug-likeness (QED) is 0.0574. The summed E-state index contributed by atoms with van der Waals surface area (Å²) in [5, 5.41) is 11.2. The van der Waals surface area contributed by atoms with Crippen LogP contribution in [0.3, 0.4) is 0 Å². The van der Waals surface area contributed by atoms with Crippen molar-refractivity contribution in [3.05, 3.63) is 0 Å². The van der Waals surface area contributed by atoms with E-state index in [2.05, 4.69) is 47.4 Å². The van der Waals surface area contributed by atoms with Gasteiger partial charge in [-0.15, -0.1) is 5.06 Å². The summed E-state index contributed by atoms with van der Waals surface area (Å²) in [6.07, 6.45) is 0.261. The van der Waals surface area contributed by atoms with Crippen molar-refractivity contribution >= 4 is 46.5 Å². The number of nitrogens with zero attached hydrogens (tertiary/aromatic N) is 2. The van der Waals surface area contributed by atoms with E-state index in [0.717, 1.165) is 6.92 Å². The van der Waals surface area contributed by atoms with E-state index in [1.54, 1.807) is 0 Å². The predicted octanol–water partition coefficient (Wildman–Crippen LogP) is 1.46. The summed E-state index contributed by atoms with van der Waals surface area (Å²) in [4.78, 5) is 68.7. The zero-order chi connectivity index (χ0) is 42.0. The van der Waals surface area contributed by atoms with Crippen LogP contribution in [0, 0.1) is 0 Å². The van der Waals surface area contributed by atoms with Gasteiger partial charge in [0.1, 0.15) is 0 Å². The Morgan fingerprint density at radius 2 is 0.891 bits per heavy atom. The highest BCUT2D eigenvalue weighted by Gasteiger charge is 2.31. The number of rotatable bonds is 31. The number of carbonyl (C=O) groups excluding carboxylic acids is 5. The highest BCUT2D eigenvalue weighted by atomic mass is 35.5. The molecule has 0 aromatic rings. The Hall–Kier alpha value is -2.85. The molecule has 1 aliphatic rings. The summed E-state index contributed by atoms with van der Waals surface area (Å²) in [5.41, 5.74) is 0. The van der Waals surface area contributed by atoms with Crippen LogP contribution < -0.4 is 5.32 Å². The third-order valence-corrected chi connectivity index (χ3v) is 6.25. The van der Waals surface area contributed by atoms with Crippen molar-refractivity contribution in [3.63, 3.8) is 0 Å². The molecule has 1 rings (SSSR count). The Balaban J connectivity index is -0.000000982. The predicted molar refractivity (Wildman–Crippen MR) is 200 cm³/mol. The van der Waals surface area contributed by atoms with Gasteiger partial charge in [0.05, 0.1) is 112 Å². The molecule has 0 spiro atoms. The highest BCUT2D eigenvalue weighted by molar-refractivity contribution is 6.62. The molecule has 2 N–H and O–H groups in total. The first kappa shape index (κ1) is 56.5. The fourth-order valence-electron chi connectivity index (χ4n) is 3.56. The van der Waals surface area contributed by atoms with E-state index in [1.807, 2.05) is 0 Å². The van der Waals surface area contributed by atoms with Crippen molar-refractivity contribution in [2.45, 2.75) is 60.8 Å². The maximum absolute atomic E-state index is 10.7. The zero-order valence-electron chi connectivity index (χ0n) is 33.6. The molecule has 0 aromatic carbocycles. The summed E-state index contributed by atoms with van der Waals surface area (Å²) in [7, 11) is 0. The van der Waals surface area contributed by atoms with Crippen molar-refractivity contribution in [1.82, 2.24) is 15.3 Å². The molecule has 3 amide bonds. The lowest BCUT2D eigenvalue weighted by Gasteiger charge is -2.13. The number of imide groups is 1. The van der Waals surface area contributed by atoms with E-state index in [1.165, 1.54) is 33.5 Å². The van der Waals surface area contributed by atoms with Crippen molar-refractivity contribution < 1.29 is 76.6 Å². The van der Waals surface area contributed by atoms with E-state index < -0.39 is 23.8 Å². The fourth-order valence-corrected chi connectivity index (χ4v) is 3.56. The third-order valence-electron chi connectivity index (χ3n) is 6.25. The van der Waals surface area contributed by atoms with Crippen LogP contribution in [0.15, 0.2) is 0 Å². The minimum Gasteiger partial charge on any atom is -0.481 e. The molecule has 0 aromatic heterocycles. The summed E-state index contributed by atoms with van der Waals surface area (Å²) < 4.78 is 42.6. The molecular weight excluding hydrogens is 754 g/mol. The Morgan fingerprint density at radius 3 is 1.13 bits per heavy atom. The normalized spacial score (nSPS) is 11.9. The van der Waals surface area contributed by atoms with Gasteiger partial charge in [-0.2, -0.15) is 0 Å². The van der Waals surface area contributed by atoms with Crippen LogP contribution in [0.2, 0.25) is 0 Å². The molecule has 0 atom stereocenters. The average Bonchev–Trinajstić information content (AvgIpc) is 3.44. The molecule has 55 heavy (non-hydrogen) atoms. The van der Waals surface area contributed by atoms with Crippen LogP contribution >= 0.6 is 11.6 Å². The van der Waals surface area contributed by atoms with Gasteiger partial charge in [-0.3, -0.25) is 24.0 Å². The number of carboxylic acids is 1. The first-order chi connectivity index (χ1) is 26.3. The van der Waals surface area contributed by atoms with E-state index in [0.29, 0.717) is 111 Å². The minimum absolute atomic E-state index is 0.000924. The van der Waals surface area contributed by atoms with Crippen LogP contribution in [0.1, 0.15) is 60.8 Å². The molecule has 1 aliphatic heterocycles. The summed E-state index contributed by atoms with van der Waals surface area (Å²) >= 11 is 4.64. The molecule has 20 heteroatoms. The SMILES string of the molecule is CC(=O)Cl.CC(=O)NCCOCCOCCOCCOCCOCCOCCOCCOCCC(=O)O.CC(=O)ON1C(=O)CCC1=O.CCN(CC)CC. The molecule has 0 bridgehead atoms. The molecule has 0 radical (unpaired) electrons. The van der Waals surface area contributed by atoms with Crippen LogP contribution in [0.4, 0.5) is 0 Å². The number of hydrogen-bond acceptors (Lipinski definition) is 16. The topological polar surface area (TPSA) is 224 Å². The summed E-state index contributed by atoms with van der Waals surface area (Å²) in [5.74, 6) is -2.51. The van der Waals surface area contributed by atoms with Crippen LogP contribution in [0.5, 0.6) is 0 Å². The Morgan fingerprint density at radius 1 is 0.600 bits per heavy atom. The number of nitrogens with one attached hydrogen (secondary N) is 1. The fraction of sp³-hybridized carbons (Fsp3) is 0.829. The molecule has 1 fully saturated rings. The number of halogens is 1. The largest absolute Gasteiger partial charge is 0.481 e. The number of hydrogen-bond donors (Lipinski definition) is 2. The number of carbonyl (C=O) groups is 6. The van der Waals surface area contributed by atoms with Gasteiger partial charge in [0.15, 0.2) is 0 Å². The van der Waals surface area contributed by atoms with Crippen molar-refractivity contribution in [1.29, 1.82) is 0 Å². The maximum atomic E-state index is 10.7. The van der Waals surface area contributed by atoms with Gasteiger partial charge in [0.25, 0.3) is 11.8 Å². The number of amides is 3. The molecular formula is C35H66ClN3O16. The number of hydroxylamine groups is 2. The Labute approximate surface area is 330 Å². The second-order valence-electron chi connectivity index (χ2n) is 10.8. The van der Waals surface area contributed by atoms with E-state index in [-0.39, 0.29) is 37.0 Å². The average molecular weight is 820 g/mol. The zero-order valence-corrected chi connectivity index (χ0v) is 34.4. The maximum Gasteiger partial charge on any atom is 0.330 e. The van der Waals surface area contributed by atoms with Crippen molar-refractivity contribution in [2.24, 2.45) is 0 Å². The van der Waals surface area contributed by atoms with Crippen LogP contribution in [-0.4, -0.2) is 182 Å². The van der Waals surface area contributed by atoms with Gasteiger partial charge < -0.3 is 58.1 Å². The molecule has 1 heterocycles. The molecule has 1 saturated heterocycles. The van der Waals surface area contributed by atoms with Gasteiger partial charge in [-0.1, -0.05) is 20.8 Å². The van der Waals surface area contributed by atoms with Gasteiger partial charge in [-0.05, 0) is 31.2 Å². The molecule has 324 valence electrons. The highest BCUT2D eigenvalue weighted by Crippen LogP contribution is 2.11. The third kappa shape index (κ3) is 49.1.